The van der Waals surface area contributed by atoms with Gasteiger partial charge >= 0.3 is 0 Å². The minimum atomic E-state index is -0.193. The summed E-state index contributed by atoms with van der Waals surface area (Å²) < 4.78 is 0. The van der Waals surface area contributed by atoms with Gasteiger partial charge in [-0.2, -0.15) is 0 Å². The van der Waals surface area contributed by atoms with Gasteiger partial charge in [0.2, 0.25) is 0 Å². The summed E-state index contributed by atoms with van der Waals surface area (Å²) in [6, 6.07) is 6.00. The predicted molar refractivity (Wildman–Crippen MR) is 84.1 cm³/mol. The van der Waals surface area contributed by atoms with Crippen molar-refractivity contribution in [2.75, 3.05) is 13.2 Å². The molecular weight excluding hydrogens is 262 g/mol. The van der Waals surface area contributed by atoms with E-state index in [2.05, 4.69) is 18.8 Å². The highest BCUT2D eigenvalue weighted by atomic mass is 16.2. The monoisotopic (exact) mass is 285 g/mol. The van der Waals surface area contributed by atoms with Crippen LogP contribution in [0.25, 0.3) is 0 Å². The average Bonchev–Trinajstić information content (AvgIpc) is 2.70. The summed E-state index contributed by atoms with van der Waals surface area (Å²) >= 11 is 0. The number of aryl methyl sites for hydroxylation is 1. The number of amides is 1. The molecule has 0 spiro atoms. The fraction of sp³-hybridized carbons (Fsp3) is 0.500. The van der Waals surface area contributed by atoms with Crippen molar-refractivity contribution in [2.45, 2.75) is 45.6 Å². The number of likely N-dealkylation sites (tertiary alicyclic amines) is 1. The van der Waals surface area contributed by atoms with Crippen LogP contribution in [0.4, 0.5) is 0 Å². The Morgan fingerprint density at radius 1 is 1.38 bits per heavy atom. The third-order valence-electron chi connectivity index (χ3n) is 4.02. The Bertz CT molecular complexity index is 568. The Morgan fingerprint density at radius 3 is 2.95 bits per heavy atom. The summed E-state index contributed by atoms with van der Waals surface area (Å²) in [5.74, 6) is 5.60. The molecule has 1 aromatic rings. The summed E-state index contributed by atoms with van der Waals surface area (Å²) in [7, 11) is 0. The molecule has 3 nitrogen and oxygen atoms in total. The largest absolute Gasteiger partial charge is 0.384 e. The average molecular weight is 285 g/mol. The Morgan fingerprint density at radius 2 is 2.19 bits per heavy atom. The molecule has 1 fully saturated rings. The highest BCUT2D eigenvalue weighted by Crippen LogP contribution is 2.21. The smallest absolute Gasteiger partial charge is 0.255 e. The molecule has 0 radical (unpaired) electrons. The summed E-state index contributed by atoms with van der Waals surface area (Å²) in [6.45, 7) is 4.73. The molecule has 1 heterocycles. The van der Waals surface area contributed by atoms with E-state index in [4.69, 9.17) is 5.11 Å². The van der Waals surface area contributed by atoms with Crippen LogP contribution < -0.4 is 0 Å². The van der Waals surface area contributed by atoms with Crippen molar-refractivity contribution in [1.29, 1.82) is 0 Å². The quantitative estimate of drug-likeness (QED) is 0.806. The van der Waals surface area contributed by atoms with Crippen molar-refractivity contribution in [3.8, 4) is 11.8 Å². The summed E-state index contributed by atoms with van der Waals surface area (Å²) in [6.07, 6.45) is 4.52. The van der Waals surface area contributed by atoms with Crippen molar-refractivity contribution >= 4 is 5.91 Å². The van der Waals surface area contributed by atoms with E-state index in [9.17, 15) is 4.79 Å². The first-order valence-electron chi connectivity index (χ1n) is 7.65. The molecule has 1 saturated heterocycles. The highest BCUT2D eigenvalue weighted by Gasteiger charge is 2.24. The van der Waals surface area contributed by atoms with Crippen molar-refractivity contribution in [3.05, 3.63) is 34.9 Å². The second kappa shape index (κ2) is 7.28. The molecule has 0 aromatic heterocycles. The maximum Gasteiger partial charge on any atom is 0.255 e. The molecular formula is C18H23NO2. The summed E-state index contributed by atoms with van der Waals surface area (Å²) in [5, 5.41) is 8.87. The van der Waals surface area contributed by atoms with Crippen molar-refractivity contribution in [2.24, 2.45) is 0 Å². The van der Waals surface area contributed by atoms with E-state index in [-0.39, 0.29) is 18.6 Å². The van der Waals surface area contributed by atoms with Crippen LogP contribution in [0, 0.1) is 18.8 Å². The van der Waals surface area contributed by atoms with E-state index < -0.39 is 0 Å². The lowest BCUT2D eigenvalue weighted by Gasteiger charge is -2.27. The van der Waals surface area contributed by atoms with Gasteiger partial charge in [0, 0.05) is 18.2 Å². The van der Waals surface area contributed by atoms with Crippen LogP contribution >= 0.6 is 0 Å². The molecule has 1 aromatic carbocycles. The number of benzene rings is 1. The topological polar surface area (TPSA) is 40.5 Å². The van der Waals surface area contributed by atoms with Crippen LogP contribution in [0.3, 0.4) is 0 Å². The number of hydrogen-bond donors (Lipinski definition) is 1. The van der Waals surface area contributed by atoms with Crippen LogP contribution in [-0.2, 0) is 0 Å². The van der Waals surface area contributed by atoms with Gasteiger partial charge in [0.1, 0.15) is 6.61 Å². The zero-order valence-electron chi connectivity index (χ0n) is 12.9. The number of aliphatic hydroxyl groups excluding tert-OH is 1. The number of rotatable bonds is 1. The van der Waals surface area contributed by atoms with Crippen molar-refractivity contribution in [3.63, 3.8) is 0 Å². The minimum absolute atomic E-state index is 0.0651. The number of carbonyl (C=O) groups is 1. The molecule has 1 aliphatic heterocycles. The first-order valence-corrected chi connectivity index (χ1v) is 7.65. The van der Waals surface area contributed by atoms with Crippen molar-refractivity contribution < 1.29 is 9.90 Å². The lowest BCUT2D eigenvalue weighted by atomic mass is 10.0. The maximum absolute atomic E-state index is 12.9. The van der Waals surface area contributed by atoms with E-state index in [0.717, 1.165) is 24.9 Å². The molecule has 2 rings (SSSR count). The van der Waals surface area contributed by atoms with Gasteiger partial charge in [0.25, 0.3) is 5.91 Å². The van der Waals surface area contributed by atoms with Crippen LogP contribution in [0.15, 0.2) is 18.2 Å². The number of carbonyl (C=O) groups excluding carboxylic acids is 1. The van der Waals surface area contributed by atoms with Gasteiger partial charge in [-0.15, -0.1) is 0 Å². The Balaban J connectivity index is 2.34. The number of aliphatic hydroxyl groups is 1. The van der Waals surface area contributed by atoms with E-state index in [1.807, 2.05) is 30.0 Å². The molecule has 1 amide bonds. The van der Waals surface area contributed by atoms with Crippen LogP contribution in [0.1, 0.15) is 54.1 Å². The second-order valence-corrected chi connectivity index (χ2v) is 5.71. The van der Waals surface area contributed by atoms with Gasteiger partial charge < -0.3 is 10.0 Å². The normalized spacial score (nSPS) is 18.6. The zero-order chi connectivity index (χ0) is 15.2. The molecule has 112 valence electrons. The van der Waals surface area contributed by atoms with E-state index in [0.29, 0.717) is 11.1 Å². The molecule has 0 saturated carbocycles. The Kier molecular flexibility index (Phi) is 5.41. The summed E-state index contributed by atoms with van der Waals surface area (Å²) in [4.78, 5) is 14.9. The Hall–Kier alpha value is -1.79. The van der Waals surface area contributed by atoms with Crippen molar-refractivity contribution in [1.82, 2.24) is 4.90 Å². The summed E-state index contributed by atoms with van der Waals surface area (Å²) in [5.41, 5.74) is 2.41. The van der Waals surface area contributed by atoms with E-state index >= 15 is 0 Å². The standard InChI is InChI=1S/C18H23NO2/c1-14-9-10-16(8-6-12-20)17(13-14)18(21)19-11-5-3-4-7-15(19)2/h9-10,13,15,20H,3-5,7,11-12H2,1-2H3. The predicted octanol–water partition coefficient (Wildman–Crippen LogP) is 2.74. The number of nitrogens with zero attached hydrogens (tertiary/aromatic N) is 1. The zero-order valence-corrected chi connectivity index (χ0v) is 12.9. The van der Waals surface area contributed by atoms with Gasteiger partial charge in [-0.1, -0.05) is 36.3 Å². The van der Waals surface area contributed by atoms with Crippen LogP contribution in [0.5, 0.6) is 0 Å². The molecule has 21 heavy (non-hydrogen) atoms. The molecule has 3 heteroatoms. The molecule has 1 atom stereocenters. The first kappa shape index (κ1) is 15.6. The van der Waals surface area contributed by atoms with E-state index in [1.165, 1.54) is 12.8 Å². The second-order valence-electron chi connectivity index (χ2n) is 5.71. The number of hydrogen-bond acceptors (Lipinski definition) is 2. The van der Waals surface area contributed by atoms with Crippen LogP contribution in [0.2, 0.25) is 0 Å². The SMILES string of the molecule is Cc1ccc(C#CCO)c(C(=O)N2CCCCCC2C)c1. The first-order chi connectivity index (χ1) is 10.1. The van der Waals surface area contributed by atoms with Gasteiger partial charge in [-0.3, -0.25) is 4.79 Å². The molecule has 1 N–H and O–H groups in total. The third kappa shape index (κ3) is 3.86. The highest BCUT2D eigenvalue weighted by molar-refractivity contribution is 5.97. The molecule has 0 aliphatic carbocycles. The van der Waals surface area contributed by atoms with Gasteiger partial charge in [-0.05, 0) is 38.8 Å². The molecule has 0 bridgehead atoms. The van der Waals surface area contributed by atoms with E-state index in [1.54, 1.807) is 0 Å². The molecule has 1 aliphatic rings. The fourth-order valence-corrected chi connectivity index (χ4v) is 2.81. The molecule has 1 unspecified atom stereocenters. The third-order valence-corrected chi connectivity index (χ3v) is 4.02. The minimum Gasteiger partial charge on any atom is -0.384 e. The lowest BCUT2D eigenvalue weighted by Crippen LogP contribution is -2.38. The maximum atomic E-state index is 12.9. The van der Waals surface area contributed by atoms with Crippen LogP contribution in [-0.4, -0.2) is 35.1 Å². The lowest BCUT2D eigenvalue weighted by molar-refractivity contribution is 0.0697. The fourth-order valence-electron chi connectivity index (χ4n) is 2.81. The Labute approximate surface area is 127 Å². The van der Waals surface area contributed by atoms with Gasteiger partial charge in [0.15, 0.2) is 0 Å². The van der Waals surface area contributed by atoms with Gasteiger partial charge in [-0.25, -0.2) is 0 Å². The van der Waals surface area contributed by atoms with Gasteiger partial charge in [0.05, 0.1) is 5.56 Å².